The first kappa shape index (κ1) is 18.9. The Balaban J connectivity index is 1.32. The maximum Gasteiger partial charge on any atom is 0.185 e. The Kier molecular flexibility index (Phi) is 5.91. The van der Waals surface area contributed by atoms with Gasteiger partial charge in [-0.05, 0) is 43.4 Å². The minimum atomic E-state index is -0.320. The summed E-state index contributed by atoms with van der Waals surface area (Å²) in [6.07, 6.45) is 3.01. The predicted molar refractivity (Wildman–Crippen MR) is 113 cm³/mol. The van der Waals surface area contributed by atoms with Crippen LogP contribution in [0.1, 0.15) is 34.9 Å². The van der Waals surface area contributed by atoms with E-state index in [1.807, 2.05) is 0 Å². The largest absolute Gasteiger partial charge is 0.490 e. The summed E-state index contributed by atoms with van der Waals surface area (Å²) in [5, 5.41) is 1.10. The minimum absolute atomic E-state index is 0.304. The van der Waals surface area contributed by atoms with E-state index in [-0.39, 0.29) is 5.82 Å². The zero-order valence-electron chi connectivity index (χ0n) is 16.1. The molecule has 1 fully saturated rings. The SMILES string of the molecule is Cc1sc(N2CCC(c3ccccc3)CC2)nc1CCOc1ccccc1F. The van der Waals surface area contributed by atoms with Crippen LogP contribution in [0.2, 0.25) is 0 Å². The molecule has 1 aromatic heterocycles. The molecule has 0 amide bonds. The third kappa shape index (κ3) is 4.36. The number of anilines is 1. The fourth-order valence-corrected chi connectivity index (χ4v) is 4.74. The monoisotopic (exact) mass is 396 g/mol. The lowest BCUT2D eigenvalue weighted by Gasteiger charge is -2.32. The van der Waals surface area contributed by atoms with E-state index in [2.05, 4.69) is 42.2 Å². The molecule has 1 saturated heterocycles. The van der Waals surface area contributed by atoms with E-state index in [4.69, 9.17) is 9.72 Å². The average molecular weight is 397 g/mol. The topological polar surface area (TPSA) is 25.4 Å². The molecule has 0 atom stereocenters. The second-order valence-corrected chi connectivity index (χ2v) is 8.38. The van der Waals surface area contributed by atoms with E-state index >= 15 is 0 Å². The number of benzene rings is 2. The molecule has 146 valence electrons. The summed E-state index contributed by atoms with van der Waals surface area (Å²) >= 11 is 1.75. The Bertz CT molecular complexity index is 904. The number of thiazole rings is 1. The molecule has 0 N–H and O–H groups in total. The molecule has 0 spiro atoms. The van der Waals surface area contributed by atoms with Gasteiger partial charge in [0.05, 0.1) is 12.3 Å². The number of hydrogen-bond donors (Lipinski definition) is 0. The van der Waals surface area contributed by atoms with E-state index in [9.17, 15) is 4.39 Å². The van der Waals surface area contributed by atoms with E-state index in [1.165, 1.54) is 16.5 Å². The van der Waals surface area contributed by atoms with Gasteiger partial charge in [-0.1, -0.05) is 42.5 Å². The maximum atomic E-state index is 13.7. The molecule has 1 aliphatic heterocycles. The van der Waals surface area contributed by atoms with Gasteiger partial charge in [0.1, 0.15) is 0 Å². The molecule has 2 aromatic carbocycles. The summed E-state index contributed by atoms with van der Waals surface area (Å²) in [6.45, 7) is 4.62. The van der Waals surface area contributed by atoms with Crippen molar-refractivity contribution in [1.29, 1.82) is 0 Å². The van der Waals surface area contributed by atoms with Crippen molar-refractivity contribution in [2.75, 3.05) is 24.6 Å². The molecule has 0 saturated carbocycles. The lowest BCUT2D eigenvalue weighted by Crippen LogP contribution is -2.32. The van der Waals surface area contributed by atoms with E-state index in [0.29, 0.717) is 24.7 Å². The van der Waals surface area contributed by atoms with Gasteiger partial charge in [0.15, 0.2) is 16.7 Å². The lowest BCUT2D eigenvalue weighted by molar-refractivity contribution is 0.304. The summed E-state index contributed by atoms with van der Waals surface area (Å²) in [5.74, 6) is 0.630. The molecule has 0 unspecified atom stereocenters. The van der Waals surface area contributed by atoms with Crippen molar-refractivity contribution in [3.63, 3.8) is 0 Å². The Labute approximate surface area is 169 Å². The van der Waals surface area contributed by atoms with Crippen LogP contribution >= 0.6 is 11.3 Å². The number of aromatic nitrogens is 1. The highest BCUT2D eigenvalue weighted by atomic mass is 32.1. The molecular formula is C23H25FN2OS. The second kappa shape index (κ2) is 8.74. The van der Waals surface area contributed by atoms with Crippen LogP contribution in [0.25, 0.3) is 0 Å². The van der Waals surface area contributed by atoms with Crippen LogP contribution in [0, 0.1) is 12.7 Å². The quantitative estimate of drug-likeness (QED) is 0.543. The molecule has 3 nitrogen and oxygen atoms in total. The third-order valence-corrected chi connectivity index (χ3v) is 6.42. The van der Waals surface area contributed by atoms with Gasteiger partial charge in [-0.15, -0.1) is 11.3 Å². The third-order valence-electron chi connectivity index (χ3n) is 5.35. The van der Waals surface area contributed by atoms with Gasteiger partial charge >= 0.3 is 0 Å². The van der Waals surface area contributed by atoms with Crippen molar-refractivity contribution in [2.24, 2.45) is 0 Å². The van der Waals surface area contributed by atoms with Gasteiger partial charge in [-0.3, -0.25) is 0 Å². The second-order valence-electron chi connectivity index (χ2n) is 7.20. The molecular weight excluding hydrogens is 371 g/mol. The summed E-state index contributed by atoms with van der Waals surface area (Å²) in [6, 6.07) is 17.3. The van der Waals surface area contributed by atoms with Crippen LogP contribution in [0.4, 0.5) is 9.52 Å². The maximum absolute atomic E-state index is 13.7. The van der Waals surface area contributed by atoms with E-state index in [0.717, 1.165) is 36.8 Å². The number of para-hydroxylation sites is 1. The Hall–Kier alpha value is -2.40. The molecule has 5 heteroatoms. The van der Waals surface area contributed by atoms with E-state index in [1.54, 1.807) is 29.5 Å². The van der Waals surface area contributed by atoms with Crippen LogP contribution in [-0.2, 0) is 6.42 Å². The Morgan fingerprint density at radius 2 is 1.79 bits per heavy atom. The van der Waals surface area contributed by atoms with Crippen molar-refractivity contribution in [2.45, 2.75) is 32.1 Å². The molecule has 4 rings (SSSR count). The number of aryl methyl sites for hydroxylation is 1. The van der Waals surface area contributed by atoms with Crippen molar-refractivity contribution in [1.82, 2.24) is 4.98 Å². The normalized spacial score (nSPS) is 15.0. The number of hydrogen-bond acceptors (Lipinski definition) is 4. The number of nitrogens with zero attached hydrogens (tertiary/aromatic N) is 2. The summed E-state index contributed by atoms with van der Waals surface area (Å²) < 4.78 is 19.2. The van der Waals surface area contributed by atoms with Crippen LogP contribution < -0.4 is 9.64 Å². The standard InChI is InChI=1S/C23H25FN2OS/c1-17-21(13-16-27-22-10-6-5-9-20(22)24)25-23(28-17)26-14-11-19(12-15-26)18-7-3-2-4-8-18/h2-10,19H,11-16H2,1H3. The van der Waals surface area contributed by atoms with Gasteiger partial charge in [0, 0.05) is 24.4 Å². The first-order valence-electron chi connectivity index (χ1n) is 9.84. The van der Waals surface area contributed by atoms with Crippen molar-refractivity contribution in [3.05, 3.63) is 76.5 Å². The van der Waals surface area contributed by atoms with Gasteiger partial charge in [0.25, 0.3) is 0 Å². The lowest BCUT2D eigenvalue weighted by atomic mass is 9.90. The minimum Gasteiger partial charge on any atom is -0.490 e. The summed E-state index contributed by atoms with van der Waals surface area (Å²) in [4.78, 5) is 8.48. The molecule has 3 aromatic rings. The van der Waals surface area contributed by atoms with Crippen LogP contribution in [0.5, 0.6) is 5.75 Å². The van der Waals surface area contributed by atoms with Crippen LogP contribution in [-0.4, -0.2) is 24.7 Å². The fourth-order valence-electron chi connectivity index (χ4n) is 3.73. The Morgan fingerprint density at radius 1 is 1.07 bits per heavy atom. The predicted octanol–water partition coefficient (Wildman–Crippen LogP) is 5.60. The highest BCUT2D eigenvalue weighted by Gasteiger charge is 2.23. The molecule has 2 heterocycles. The zero-order chi connectivity index (χ0) is 19.3. The highest BCUT2D eigenvalue weighted by molar-refractivity contribution is 7.15. The molecule has 0 bridgehead atoms. The molecule has 0 aliphatic carbocycles. The zero-order valence-corrected chi connectivity index (χ0v) is 16.9. The molecule has 28 heavy (non-hydrogen) atoms. The average Bonchev–Trinajstić information content (AvgIpc) is 3.11. The number of halogens is 1. The van der Waals surface area contributed by atoms with E-state index < -0.39 is 0 Å². The molecule has 1 aliphatic rings. The van der Waals surface area contributed by atoms with Gasteiger partial charge in [-0.2, -0.15) is 0 Å². The number of piperidine rings is 1. The highest BCUT2D eigenvalue weighted by Crippen LogP contribution is 2.33. The van der Waals surface area contributed by atoms with Crippen molar-refractivity contribution >= 4 is 16.5 Å². The smallest absolute Gasteiger partial charge is 0.185 e. The van der Waals surface area contributed by atoms with Crippen LogP contribution in [0.3, 0.4) is 0 Å². The van der Waals surface area contributed by atoms with Crippen LogP contribution in [0.15, 0.2) is 54.6 Å². The van der Waals surface area contributed by atoms with Crippen molar-refractivity contribution < 1.29 is 9.13 Å². The summed E-state index contributed by atoms with van der Waals surface area (Å²) in [7, 11) is 0. The van der Waals surface area contributed by atoms with Gasteiger partial charge in [0.2, 0.25) is 0 Å². The number of rotatable bonds is 6. The number of ether oxygens (including phenoxy) is 1. The first-order chi connectivity index (χ1) is 13.7. The fraction of sp³-hybridized carbons (Fsp3) is 0.348. The van der Waals surface area contributed by atoms with Crippen molar-refractivity contribution in [3.8, 4) is 5.75 Å². The summed E-state index contributed by atoms with van der Waals surface area (Å²) in [5.41, 5.74) is 2.50. The van der Waals surface area contributed by atoms with Gasteiger partial charge in [-0.25, -0.2) is 9.37 Å². The Morgan fingerprint density at radius 3 is 2.54 bits per heavy atom. The molecule has 0 radical (unpaired) electrons. The van der Waals surface area contributed by atoms with Gasteiger partial charge < -0.3 is 9.64 Å². The first-order valence-corrected chi connectivity index (χ1v) is 10.7.